The lowest BCUT2D eigenvalue weighted by Crippen LogP contribution is -2.42. The summed E-state index contributed by atoms with van der Waals surface area (Å²) in [6, 6.07) is 3.30. The fourth-order valence-electron chi connectivity index (χ4n) is 1.36. The number of phenolic OH excluding ortho intramolecular Hbond substituents is 2. The van der Waals surface area contributed by atoms with Gasteiger partial charge in [0.05, 0.1) is 7.11 Å². The van der Waals surface area contributed by atoms with Crippen LogP contribution in [-0.2, 0) is 14.3 Å². The normalized spacial score (nSPS) is 12.1. The Kier molecular flexibility index (Phi) is 5.92. The number of carbonyl (C=O) groups is 2. The first-order valence-corrected chi connectivity index (χ1v) is 6.30. The van der Waals surface area contributed by atoms with Crippen LogP contribution in [0.2, 0.25) is 0 Å². The molecule has 0 heterocycles. The number of esters is 1. The van der Waals surface area contributed by atoms with Crippen LogP contribution in [0.1, 0.15) is 5.56 Å². The van der Waals surface area contributed by atoms with Gasteiger partial charge in [-0.3, -0.25) is 4.79 Å². The second-order valence-electron chi connectivity index (χ2n) is 3.85. The molecular weight excluding hydrogens is 282 g/mol. The van der Waals surface area contributed by atoms with E-state index in [1.807, 2.05) is 0 Å². The van der Waals surface area contributed by atoms with Crippen molar-refractivity contribution in [2.45, 2.75) is 6.04 Å². The molecule has 0 unspecified atom stereocenters. The molecule has 7 heteroatoms. The molecule has 0 aliphatic heterocycles. The maximum Gasteiger partial charge on any atom is 0.329 e. The zero-order valence-corrected chi connectivity index (χ0v) is 11.6. The lowest BCUT2D eigenvalue weighted by Gasteiger charge is -2.12. The van der Waals surface area contributed by atoms with E-state index >= 15 is 0 Å². The maximum atomic E-state index is 11.6. The van der Waals surface area contributed by atoms with E-state index in [1.54, 1.807) is 0 Å². The molecule has 0 aromatic heterocycles. The minimum absolute atomic E-state index is 0.117. The van der Waals surface area contributed by atoms with E-state index in [2.05, 4.69) is 22.7 Å². The zero-order valence-electron chi connectivity index (χ0n) is 10.7. The van der Waals surface area contributed by atoms with Gasteiger partial charge in [-0.2, -0.15) is 12.6 Å². The number of carbonyl (C=O) groups excluding carboxylic acids is 2. The van der Waals surface area contributed by atoms with Crippen LogP contribution >= 0.6 is 12.6 Å². The smallest absolute Gasteiger partial charge is 0.329 e. The number of methoxy groups -OCH3 is 1. The standard InChI is InChI=1S/C13H15NO5S/c1-19-13(18)9(7-20)14-12(17)5-3-8-2-4-10(15)11(16)6-8/h2-6,9,15-16,20H,7H2,1H3,(H,14,17)/t9-/m0/s1. The largest absolute Gasteiger partial charge is 0.504 e. The molecule has 0 saturated heterocycles. The van der Waals surface area contributed by atoms with Crippen LogP contribution in [0.15, 0.2) is 24.3 Å². The first-order valence-electron chi connectivity index (χ1n) is 5.67. The van der Waals surface area contributed by atoms with Crippen LogP contribution in [0.3, 0.4) is 0 Å². The number of hydrogen-bond donors (Lipinski definition) is 4. The molecule has 0 bridgehead atoms. The molecule has 1 aromatic carbocycles. The Morgan fingerprint density at radius 2 is 2.10 bits per heavy atom. The summed E-state index contributed by atoms with van der Waals surface area (Å²) in [5.41, 5.74) is 0.524. The number of amides is 1. The highest BCUT2D eigenvalue weighted by Crippen LogP contribution is 2.25. The second-order valence-corrected chi connectivity index (χ2v) is 4.21. The third-order valence-electron chi connectivity index (χ3n) is 2.41. The number of benzene rings is 1. The predicted octanol–water partition coefficient (Wildman–Crippen LogP) is 0.699. The summed E-state index contributed by atoms with van der Waals surface area (Å²) in [6.45, 7) is 0. The SMILES string of the molecule is COC(=O)[C@H](CS)NC(=O)C=Cc1ccc(O)c(O)c1. The second kappa shape index (κ2) is 7.44. The van der Waals surface area contributed by atoms with Crippen LogP contribution in [0.25, 0.3) is 6.08 Å². The van der Waals surface area contributed by atoms with Gasteiger partial charge in [0.1, 0.15) is 6.04 Å². The summed E-state index contributed by atoms with van der Waals surface area (Å²) >= 11 is 3.95. The average Bonchev–Trinajstić information content (AvgIpc) is 2.45. The third-order valence-corrected chi connectivity index (χ3v) is 2.78. The molecular formula is C13H15NO5S. The van der Waals surface area contributed by atoms with Crippen molar-refractivity contribution in [2.75, 3.05) is 12.9 Å². The minimum Gasteiger partial charge on any atom is -0.504 e. The highest BCUT2D eigenvalue weighted by molar-refractivity contribution is 7.80. The molecule has 0 fully saturated rings. The minimum atomic E-state index is -0.825. The van der Waals surface area contributed by atoms with E-state index < -0.39 is 17.9 Å². The topological polar surface area (TPSA) is 95.9 Å². The predicted molar refractivity (Wildman–Crippen MR) is 76.6 cm³/mol. The Morgan fingerprint density at radius 1 is 1.40 bits per heavy atom. The Balaban J connectivity index is 2.67. The van der Waals surface area contributed by atoms with E-state index in [4.69, 9.17) is 5.11 Å². The Labute approximate surface area is 121 Å². The van der Waals surface area contributed by atoms with Gasteiger partial charge >= 0.3 is 5.97 Å². The Morgan fingerprint density at radius 3 is 2.65 bits per heavy atom. The molecule has 3 N–H and O–H groups in total. The molecule has 0 radical (unpaired) electrons. The Hall–Kier alpha value is -2.15. The van der Waals surface area contributed by atoms with Gasteiger partial charge in [-0.25, -0.2) is 4.79 Å². The zero-order chi connectivity index (χ0) is 15.1. The molecule has 20 heavy (non-hydrogen) atoms. The number of ether oxygens (including phenoxy) is 1. The Bertz CT molecular complexity index is 529. The molecule has 108 valence electrons. The van der Waals surface area contributed by atoms with Gasteiger partial charge < -0.3 is 20.3 Å². The van der Waals surface area contributed by atoms with Gasteiger partial charge in [-0.1, -0.05) is 6.07 Å². The van der Waals surface area contributed by atoms with Crippen molar-refractivity contribution >= 4 is 30.6 Å². The lowest BCUT2D eigenvalue weighted by molar-refractivity contribution is -0.143. The summed E-state index contributed by atoms with van der Waals surface area (Å²) in [5.74, 6) is -1.49. The number of phenols is 2. The van der Waals surface area contributed by atoms with Crippen LogP contribution in [0.4, 0.5) is 0 Å². The summed E-state index contributed by atoms with van der Waals surface area (Å²) in [6.07, 6.45) is 2.63. The fraction of sp³-hybridized carbons (Fsp3) is 0.231. The molecule has 1 rings (SSSR count). The summed E-state index contributed by atoms with van der Waals surface area (Å²) in [4.78, 5) is 22.9. The van der Waals surface area contributed by atoms with Crippen LogP contribution in [0.5, 0.6) is 11.5 Å². The van der Waals surface area contributed by atoms with Gasteiger partial charge in [0.25, 0.3) is 0 Å². The van der Waals surface area contributed by atoms with Crippen LogP contribution in [0, 0.1) is 0 Å². The maximum absolute atomic E-state index is 11.6. The van der Waals surface area contributed by atoms with Crippen molar-refractivity contribution in [3.05, 3.63) is 29.8 Å². The number of hydrogen-bond acceptors (Lipinski definition) is 6. The molecule has 0 aliphatic carbocycles. The molecule has 1 amide bonds. The highest BCUT2D eigenvalue weighted by atomic mass is 32.1. The summed E-state index contributed by atoms with van der Waals surface area (Å²) < 4.78 is 4.51. The first kappa shape index (κ1) is 15.9. The van der Waals surface area contributed by atoms with Crippen molar-refractivity contribution in [1.82, 2.24) is 5.32 Å². The van der Waals surface area contributed by atoms with Crippen molar-refractivity contribution < 1.29 is 24.5 Å². The van der Waals surface area contributed by atoms with Gasteiger partial charge in [0.15, 0.2) is 11.5 Å². The average molecular weight is 297 g/mol. The number of nitrogens with one attached hydrogen (secondary N) is 1. The number of aromatic hydroxyl groups is 2. The molecule has 0 spiro atoms. The van der Waals surface area contributed by atoms with E-state index in [9.17, 15) is 14.7 Å². The van der Waals surface area contributed by atoms with Gasteiger partial charge in [-0.15, -0.1) is 0 Å². The quantitative estimate of drug-likeness (QED) is 0.278. The fourth-order valence-corrected chi connectivity index (χ4v) is 1.60. The molecule has 6 nitrogen and oxygen atoms in total. The molecule has 0 aliphatic rings. The summed E-state index contributed by atoms with van der Waals surface area (Å²) in [7, 11) is 1.22. The van der Waals surface area contributed by atoms with Gasteiger partial charge in [-0.05, 0) is 23.8 Å². The summed E-state index contributed by atoms with van der Waals surface area (Å²) in [5, 5.41) is 20.9. The van der Waals surface area contributed by atoms with E-state index in [-0.39, 0.29) is 17.3 Å². The van der Waals surface area contributed by atoms with E-state index in [1.165, 1.54) is 37.5 Å². The van der Waals surface area contributed by atoms with E-state index in [0.717, 1.165) is 0 Å². The molecule has 1 atom stereocenters. The monoisotopic (exact) mass is 297 g/mol. The van der Waals surface area contributed by atoms with Gasteiger partial charge in [0, 0.05) is 11.8 Å². The van der Waals surface area contributed by atoms with Crippen molar-refractivity contribution in [2.24, 2.45) is 0 Å². The number of thiol groups is 1. The van der Waals surface area contributed by atoms with Crippen molar-refractivity contribution in [3.63, 3.8) is 0 Å². The van der Waals surface area contributed by atoms with E-state index in [0.29, 0.717) is 5.56 Å². The number of rotatable bonds is 5. The van der Waals surface area contributed by atoms with Crippen molar-refractivity contribution in [1.29, 1.82) is 0 Å². The van der Waals surface area contributed by atoms with Crippen molar-refractivity contribution in [3.8, 4) is 11.5 Å². The lowest BCUT2D eigenvalue weighted by atomic mass is 10.2. The molecule has 1 aromatic rings. The van der Waals surface area contributed by atoms with Gasteiger partial charge in [0.2, 0.25) is 5.91 Å². The first-order chi connectivity index (χ1) is 9.47. The highest BCUT2D eigenvalue weighted by Gasteiger charge is 2.18. The third kappa shape index (κ3) is 4.51. The molecule has 0 saturated carbocycles. The van der Waals surface area contributed by atoms with Crippen LogP contribution < -0.4 is 5.32 Å². The van der Waals surface area contributed by atoms with Crippen LogP contribution in [-0.4, -0.2) is 41.0 Å².